The van der Waals surface area contributed by atoms with Gasteiger partial charge in [-0.1, -0.05) is 51.5 Å². The molecule has 21 heavy (non-hydrogen) atoms. The summed E-state index contributed by atoms with van der Waals surface area (Å²) in [5.74, 6) is 0. The Hall–Kier alpha value is -0.860. The number of hydrogen-bond donors (Lipinski definition) is 1. The van der Waals surface area contributed by atoms with Gasteiger partial charge in [0.05, 0.1) is 6.04 Å². The van der Waals surface area contributed by atoms with Gasteiger partial charge in [0, 0.05) is 12.1 Å². The van der Waals surface area contributed by atoms with Gasteiger partial charge in [0.2, 0.25) is 0 Å². The maximum absolute atomic E-state index is 6.55. The Morgan fingerprint density at radius 1 is 1.00 bits per heavy atom. The largest absolute Gasteiger partial charge is 0.326 e. The minimum Gasteiger partial charge on any atom is -0.326 e. The minimum absolute atomic E-state index is 0.222. The Morgan fingerprint density at radius 3 is 2.24 bits per heavy atom. The van der Waals surface area contributed by atoms with Crippen molar-refractivity contribution in [3.8, 4) is 0 Å². The second-order valence-corrected chi connectivity index (χ2v) is 7.95. The van der Waals surface area contributed by atoms with Crippen LogP contribution in [0.3, 0.4) is 0 Å². The standard InChI is InChI=1S/C19H30N2/c1-19(2,3)15-9-7-14(8-10-15)18-17(20)6-4-5-13-21(18)16-11-12-16/h7-10,16-18H,4-6,11-13,20H2,1-3H3. The topological polar surface area (TPSA) is 29.3 Å². The number of nitrogens with two attached hydrogens (primary N) is 1. The Labute approximate surface area is 129 Å². The molecule has 0 amide bonds. The molecule has 1 heterocycles. The number of rotatable bonds is 2. The lowest BCUT2D eigenvalue weighted by atomic mass is 9.85. The third kappa shape index (κ3) is 3.32. The molecule has 1 saturated carbocycles. The molecule has 1 aromatic rings. The Kier molecular flexibility index (Phi) is 4.11. The van der Waals surface area contributed by atoms with Crippen LogP contribution in [0.15, 0.2) is 24.3 Å². The highest BCUT2D eigenvalue weighted by atomic mass is 15.2. The van der Waals surface area contributed by atoms with E-state index in [1.165, 1.54) is 43.4 Å². The van der Waals surface area contributed by atoms with E-state index in [1.54, 1.807) is 0 Å². The van der Waals surface area contributed by atoms with Crippen LogP contribution in [0.25, 0.3) is 0 Å². The molecule has 2 heteroatoms. The predicted molar refractivity (Wildman–Crippen MR) is 89.4 cm³/mol. The number of hydrogen-bond acceptors (Lipinski definition) is 2. The first-order valence-electron chi connectivity index (χ1n) is 8.58. The number of benzene rings is 1. The third-order valence-electron chi connectivity index (χ3n) is 5.10. The van der Waals surface area contributed by atoms with Crippen molar-refractivity contribution in [3.63, 3.8) is 0 Å². The molecule has 2 atom stereocenters. The summed E-state index contributed by atoms with van der Waals surface area (Å²) in [6.07, 6.45) is 6.48. The number of nitrogens with zero attached hydrogens (tertiary/aromatic N) is 1. The van der Waals surface area contributed by atoms with Crippen molar-refractivity contribution in [3.05, 3.63) is 35.4 Å². The summed E-state index contributed by atoms with van der Waals surface area (Å²) < 4.78 is 0. The molecule has 1 saturated heterocycles. The molecule has 0 bridgehead atoms. The smallest absolute Gasteiger partial charge is 0.0502 e. The third-order valence-corrected chi connectivity index (χ3v) is 5.10. The lowest BCUT2D eigenvalue weighted by Crippen LogP contribution is -2.41. The molecule has 1 aliphatic heterocycles. The zero-order valence-corrected chi connectivity index (χ0v) is 13.8. The van der Waals surface area contributed by atoms with Crippen LogP contribution in [0.4, 0.5) is 0 Å². The van der Waals surface area contributed by atoms with E-state index in [4.69, 9.17) is 5.73 Å². The number of likely N-dealkylation sites (tertiary alicyclic amines) is 1. The summed E-state index contributed by atoms with van der Waals surface area (Å²) in [5, 5.41) is 0. The van der Waals surface area contributed by atoms with Gasteiger partial charge in [0.15, 0.2) is 0 Å². The van der Waals surface area contributed by atoms with Crippen molar-refractivity contribution < 1.29 is 0 Å². The van der Waals surface area contributed by atoms with Gasteiger partial charge >= 0.3 is 0 Å². The lowest BCUT2D eigenvalue weighted by Gasteiger charge is -2.34. The fourth-order valence-electron chi connectivity index (χ4n) is 3.65. The van der Waals surface area contributed by atoms with E-state index >= 15 is 0 Å². The maximum Gasteiger partial charge on any atom is 0.0502 e. The molecule has 1 aromatic carbocycles. The highest BCUT2D eigenvalue weighted by molar-refractivity contribution is 5.30. The highest BCUT2D eigenvalue weighted by Gasteiger charge is 2.38. The summed E-state index contributed by atoms with van der Waals surface area (Å²) in [6.45, 7) is 8.05. The van der Waals surface area contributed by atoms with Gasteiger partial charge in [-0.3, -0.25) is 4.90 Å². The summed E-state index contributed by atoms with van der Waals surface area (Å²) in [4.78, 5) is 2.70. The maximum atomic E-state index is 6.55. The monoisotopic (exact) mass is 286 g/mol. The molecule has 1 aliphatic carbocycles. The van der Waals surface area contributed by atoms with Gasteiger partial charge in [-0.05, 0) is 48.8 Å². The van der Waals surface area contributed by atoms with E-state index in [9.17, 15) is 0 Å². The second kappa shape index (κ2) is 5.73. The van der Waals surface area contributed by atoms with Gasteiger partial charge in [0.25, 0.3) is 0 Å². The molecule has 2 fully saturated rings. The van der Waals surface area contributed by atoms with Crippen LogP contribution in [-0.2, 0) is 5.41 Å². The van der Waals surface area contributed by atoms with Crippen LogP contribution in [-0.4, -0.2) is 23.5 Å². The van der Waals surface area contributed by atoms with Gasteiger partial charge in [-0.2, -0.15) is 0 Å². The normalized spacial score (nSPS) is 28.4. The van der Waals surface area contributed by atoms with Crippen molar-refractivity contribution in [1.29, 1.82) is 0 Å². The highest BCUT2D eigenvalue weighted by Crippen LogP contribution is 2.39. The molecule has 2 unspecified atom stereocenters. The summed E-state index contributed by atoms with van der Waals surface area (Å²) in [5.41, 5.74) is 9.60. The van der Waals surface area contributed by atoms with Crippen LogP contribution in [0.1, 0.15) is 70.0 Å². The Balaban J connectivity index is 1.87. The zero-order valence-electron chi connectivity index (χ0n) is 13.8. The SMILES string of the molecule is CC(C)(C)c1ccc(C2C(N)CCCCN2C2CC2)cc1. The first kappa shape index (κ1) is 15.1. The van der Waals surface area contributed by atoms with E-state index in [1.807, 2.05) is 0 Å². The zero-order chi connectivity index (χ0) is 15.0. The van der Waals surface area contributed by atoms with Gasteiger partial charge < -0.3 is 5.73 Å². The van der Waals surface area contributed by atoms with E-state index in [0.29, 0.717) is 6.04 Å². The molecular weight excluding hydrogens is 256 g/mol. The molecule has 0 spiro atoms. The van der Waals surface area contributed by atoms with Crippen molar-refractivity contribution >= 4 is 0 Å². The Morgan fingerprint density at radius 2 is 1.67 bits per heavy atom. The van der Waals surface area contributed by atoms with Crippen molar-refractivity contribution in [2.45, 2.75) is 76.4 Å². The quantitative estimate of drug-likeness (QED) is 0.890. The molecule has 2 aliphatic rings. The van der Waals surface area contributed by atoms with Crippen molar-refractivity contribution in [2.24, 2.45) is 5.73 Å². The van der Waals surface area contributed by atoms with Gasteiger partial charge in [-0.25, -0.2) is 0 Å². The van der Waals surface area contributed by atoms with Crippen molar-refractivity contribution in [2.75, 3.05) is 6.54 Å². The fraction of sp³-hybridized carbons (Fsp3) is 0.684. The lowest BCUT2D eigenvalue weighted by molar-refractivity contribution is 0.175. The first-order chi connectivity index (χ1) is 9.97. The second-order valence-electron chi connectivity index (χ2n) is 7.95. The molecule has 0 radical (unpaired) electrons. The van der Waals surface area contributed by atoms with Crippen LogP contribution in [0.2, 0.25) is 0 Å². The van der Waals surface area contributed by atoms with Crippen LogP contribution >= 0.6 is 0 Å². The molecule has 0 aromatic heterocycles. The summed E-state index contributed by atoms with van der Waals surface area (Å²) in [6, 6.07) is 10.8. The van der Waals surface area contributed by atoms with E-state index in [2.05, 4.69) is 49.9 Å². The van der Waals surface area contributed by atoms with Gasteiger partial charge in [-0.15, -0.1) is 0 Å². The average Bonchev–Trinajstić information content (AvgIpc) is 3.25. The summed E-state index contributed by atoms with van der Waals surface area (Å²) >= 11 is 0. The van der Waals surface area contributed by atoms with E-state index in [-0.39, 0.29) is 11.5 Å². The fourth-order valence-corrected chi connectivity index (χ4v) is 3.65. The molecule has 2 nitrogen and oxygen atoms in total. The molecule has 2 N–H and O–H groups in total. The Bertz CT molecular complexity index is 467. The summed E-state index contributed by atoms with van der Waals surface area (Å²) in [7, 11) is 0. The predicted octanol–water partition coefficient (Wildman–Crippen LogP) is 4.00. The van der Waals surface area contributed by atoms with Crippen LogP contribution in [0, 0.1) is 0 Å². The van der Waals surface area contributed by atoms with Gasteiger partial charge in [0.1, 0.15) is 0 Å². The molecule has 3 rings (SSSR count). The average molecular weight is 286 g/mol. The van der Waals surface area contributed by atoms with E-state index < -0.39 is 0 Å². The van der Waals surface area contributed by atoms with Crippen LogP contribution in [0.5, 0.6) is 0 Å². The molecular formula is C19H30N2. The van der Waals surface area contributed by atoms with Crippen molar-refractivity contribution in [1.82, 2.24) is 4.90 Å². The minimum atomic E-state index is 0.222. The van der Waals surface area contributed by atoms with Crippen LogP contribution < -0.4 is 5.73 Å². The molecule has 116 valence electrons. The van der Waals surface area contributed by atoms with E-state index in [0.717, 1.165) is 12.5 Å². The first-order valence-corrected chi connectivity index (χ1v) is 8.58.